The van der Waals surface area contributed by atoms with Crippen molar-refractivity contribution in [2.45, 2.75) is 31.3 Å². The fourth-order valence-corrected chi connectivity index (χ4v) is 1.99. The summed E-state index contributed by atoms with van der Waals surface area (Å²) in [6.45, 7) is 3.63. The Labute approximate surface area is 97.0 Å². The van der Waals surface area contributed by atoms with Gasteiger partial charge in [-0.2, -0.15) is 0 Å². The number of methoxy groups -OCH3 is 3. The first-order valence-corrected chi connectivity index (χ1v) is 5.52. The molecule has 96 valence electrons. The van der Waals surface area contributed by atoms with Crippen LogP contribution in [-0.2, 0) is 23.7 Å². The molecule has 0 aromatic heterocycles. The van der Waals surface area contributed by atoms with Crippen molar-refractivity contribution in [3.8, 4) is 0 Å². The topological polar surface area (TPSA) is 46.2 Å². The highest BCUT2D eigenvalue weighted by atomic mass is 16.6. The maximum atomic E-state index is 5.73. The normalized spacial score (nSPS) is 34.5. The Morgan fingerprint density at radius 2 is 1.75 bits per heavy atom. The second-order valence-corrected chi connectivity index (χ2v) is 3.86. The van der Waals surface area contributed by atoms with Crippen LogP contribution in [0.3, 0.4) is 0 Å². The van der Waals surface area contributed by atoms with Gasteiger partial charge in [0.25, 0.3) is 0 Å². The van der Waals surface area contributed by atoms with Crippen molar-refractivity contribution >= 4 is 0 Å². The van der Waals surface area contributed by atoms with Crippen LogP contribution in [0.4, 0.5) is 0 Å². The second kappa shape index (κ2) is 7.19. The number of ether oxygens (including phenoxy) is 5. The molecule has 1 rings (SSSR count). The molecule has 0 aromatic carbocycles. The van der Waals surface area contributed by atoms with Gasteiger partial charge in [-0.25, -0.2) is 0 Å². The fraction of sp³-hybridized carbons (Fsp3) is 1.00. The summed E-state index contributed by atoms with van der Waals surface area (Å²) in [7, 11) is 4.97. The monoisotopic (exact) mass is 234 g/mol. The first kappa shape index (κ1) is 13.9. The minimum Gasteiger partial charge on any atom is -0.382 e. The van der Waals surface area contributed by atoms with Crippen LogP contribution in [0, 0.1) is 0 Å². The van der Waals surface area contributed by atoms with Gasteiger partial charge in [-0.05, 0) is 6.92 Å². The van der Waals surface area contributed by atoms with E-state index in [0.29, 0.717) is 19.8 Å². The van der Waals surface area contributed by atoms with Crippen molar-refractivity contribution in [3.63, 3.8) is 0 Å². The highest BCUT2D eigenvalue weighted by Crippen LogP contribution is 2.26. The Hall–Kier alpha value is -0.200. The van der Waals surface area contributed by atoms with Crippen LogP contribution >= 0.6 is 0 Å². The highest BCUT2D eigenvalue weighted by molar-refractivity contribution is 4.90. The van der Waals surface area contributed by atoms with E-state index in [1.165, 1.54) is 0 Å². The Balaban J connectivity index is 2.46. The molecule has 0 bridgehead atoms. The Morgan fingerprint density at radius 3 is 2.31 bits per heavy atom. The summed E-state index contributed by atoms with van der Waals surface area (Å²) < 4.78 is 26.9. The second-order valence-electron chi connectivity index (χ2n) is 3.86. The highest BCUT2D eigenvalue weighted by Gasteiger charge is 2.43. The zero-order valence-corrected chi connectivity index (χ0v) is 10.5. The number of rotatable bonds is 7. The molecule has 0 spiro atoms. The first-order chi connectivity index (χ1) is 7.74. The third-order valence-corrected chi connectivity index (χ3v) is 2.74. The molecule has 5 heteroatoms. The van der Waals surface area contributed by atoms with E-state index in [9.17, 15) is 0 Å². The van der Waals surface area contributed by atoms with E-state index >= 15 is 0 Å². The van der Waals surface area contributed by atoms with Crippen LogP contribution < -0.4 is 0 Å². The minimum atomic E-state index is -0.0770. The molecule has 1 heterocycles. The van der Waals surface area contributed by atoms with Gasteiger partial charge >= 0.3 is 0 Å². The Morgan fingerprint density at radius 1 is 1.00 bits per heavy atom. The fourth-order valence-electron chi connectivity index (χ4n) is 1.99. The molecule has 16 heavy (non-hydrogen) atoms. The lowest BCUT2D eigenvalue weighted by molar-refractivity contribution is -0.0644. The van der Waals surface area contributed by atoms with Crippen LogP contribution in [-0.4, -0.2) is 65.6 Å². The summed E-state index contributed by atoms with van der Waals surface area (Å²) in [4.78, 5) is 0. The molecule has 0 amide bonds. The van der Waals surface area contributed by atoms with Crippen LogP contribution in [0.15, 0.2) is 0 Å². The van der Waals surface area contributed by atoms with Gasteiger partial charge in [0.1, 0.15) is 18.3 Å². The predicted octanol–water partition coefficient (Wildman–Crippen LogP) is 0.467. The Bertz CT molecular complexity index is 187. The summed E-state index contributed by atoms with van der Waals surface area (Å²) >= 11 is 0. The van der Waals surface area contributed by atoms with Gasteiger partial charge in [-0.3, -0.25) is 0 Å². The van der Waals surface area contributed by atoms with Crippen molar-refractivity contribution in [1.82, 2.24) is 0 Å². The molecule has 5 nitrogen and oxygen atoms in total. The summed E-state index contributed by atoms with van der Waals surface area (Å²) in [6.07, 6.45) is -0.174. The molecular weight excluding hydrogens is 212 g/mol. The van der Waals surface area contributed by atoms with Gasteiger partial charge in [0.2, 0.25) is 0 Å². The van der Waals surface area contributed by atoms with Gasteiger partial charge in [0.05, 0.1) is 25.9 Å². The summed E-state index contributed by atoms with van der Waals surface area (Å²) in [5.74, 6) is 0. The van der Waals surface area contributed by atoms with E-state index in [2.05, 4.69) is 0 Å². The first-order valence-electron chi connectivity index (χ1n) is 5.52. The van der Waals surface area contributed by atoms with Crippen LogP contribution in [0.2, 0.25) is 0 Å². The largest absolute Gasteiger partial charge is 0.382 e. The minimum absolute atomic E-state index is 0.0157. The summed E-state index contributed by atoms with van der Waals surface area (Å²) in [6, 6.07) is 0. The molecule has 0 radical (unpaired) electrons. The van der Waals surface area contributed by atoms with Gasteiger partial charge in [-0.15, -0.1) is 0 Å². The number of hydrogen-bond acceptors (Lipinski definition) is 5. The van der Waals surface area contributed by atoms with Gasteiger partial charge in [-0.1, -0.05) is 0 Å². The standard InChI is InChI=1S/C11H22O5/c1-8-10(15-6-5-12-2)11(14-4)9(16-8)7-13-3/h8-11H,5-7H2,1-4H3/t8-,9+,10-,11+/m0/s1. The SMILES string of the molecule is COCCO[C@@H]1[C@H](OC)[C@@H](COC)O[C@H]1C. The van der Waals surface area contributed by atoms with Crippen molar-refractivity contribution in [2.24, 2.45) is 0 Å². The molecule has 0 aliphatic carbocycles. The lowest BCUT2D eigenvalue weighted by Crippen LogP contribution is -2.38. The smallest absolute Gasteiger partial charge is 0.114 e. The van der Waals surface area contributed by atoms with Gasteiger partial charge < -0.3 is 23.7 Å². The Kier molecular flexibility index (Phi) is 6.23. The van der Waals surface area contributed by atoms with Crippen LogP contribution in [0.5, 0.6) is 0 Å². The van der Waals surface area contributed by atoms with Crippen LogP contribution in [0.1, 0.15) is 6.92 Å². The van der Waals surface area contributed by atoms with Gasteiger partial charge in [0, 0.05) is 21.3 Å². The lowest BCUT2D eigenvalue weighted by atomic mass is 10.1. The predicted molar refractivity (Wildman–Crippen MR) is 58.6 cm³/mol. The maximum absolute atomic E-state index is 5.73. The van der Waals surface area contributed by atoms with E-state index in [0.717, 1.165) is 0 Å². The van der Waals surface area contributed by atoms with Crippen molar-refractivity contribution in [1.29, 1.82) is 0 Å². The van der Waals surface area contributed by atoms with Crippen molar-refractivity contribution in [3.05, 3.63) is 0 Å². The van der Waals surface area contributed by atoms with Gasteiger partial charge in [0.15, 0.2) is 0 Å². The van der Waals surface area contributed by atoms with E-state index in [1.54, 1.807) is 21.3 Å². The number of hydrogen-bond donors (Lipinski definition) is 0. The van der Waals surface area contributed by atoms with Crippen molar-refractivity contribution < 1.29 is 23.7 Å². The summed E-state index contributed by atoms with van der Waals surface area (Å²) in [5.41, 5.74) is 0. The molecule has 0 saturated carbocycles. The van der Waals surface area contributed by atoms with E-state index in [-0.39, 0.29) is 24.4 Å². The van der Waals surface area contributed by atoms with E-state index in [1.807, 2.05) is 6.92 Å². The van der Waals surface area contributed by atoms with E-state index < -0.39 is 0 Å². The molecule has 0 N–H and O–H groups in total. The molecule has 0 aromatic rings. The zero-order chi connectivity index (χ0) is 12.0. The van der Waals surface area contributed by atoms with Crippen LogP contribution in [0.25, 0.3) is 0 Å². The molecule has 1 aliphatic heterocycles. The molecule has 1 saturated heterocycles. The van der Waals surface area contributed by atoms with E-state index in [4.69, 9.17) is 23.7 Å². The molecular formula is C11H22O5. The average Bonchev–Trinajstić information content (AvgIpc) is 2.56. The van der Waals surface area contributed by atoms with Crippen molar-refractivity contribution in [2.75, 3.05) is 41.2 Å². The summed E-state index contributed by atoms with van der Waals surface area (Å²) in [5, 5.41) is 0. The molecule has 1 aliphatic rings. The third kappa shape index (κ3) is 3.40. The quantitative estimate of drug-likeness (QED) is 0.599. The molecule has 4 atom stereocenters. The molecule has 1 fully saturated rings. The molecule has 0 unspecified atom stereocenters. The zero-order valence-electron chi connectivity index (χ0n) is 10.5. The average molecular weight is 234 g/mol. The maximum Gasteiger partial charge on any atom is 0.114 e. The lowest BCUT2D eigenvalue weighted by Gasteiger charge is -2.22. The third-order valence-electron chi connectivity index (χ3n) is 2.74.